The molecule has 0 N–H and O–H groups in total. The minimum absolute atomic E-state index is 0.0203. The van der Waals surface area contributed by atoms with Crippen molar-refractivity contribution < 1.29 is 14.2 Å². The molecule has 19 heavy (non-hydrogen) atoms. The quantitative estimate of drug-likeness (QED) is 0.553. The molecule has 3 radical (unpaired) electrons. The number of rotatable bonds is 4. The van der Waals surface area contributed by atoms with Crippen LogP contribution >= 0.6 is 0 Å². The van der Waals surface area contributed by atoms with E-state index in [0.29, 0.717) is 5.95 Å². The van der Waals surface area contributed by atoms with Crippen molar-refractivity contribution in [1.82, 2.24) is 0 Å². The Balaban J connectivity index is 4.91. The van der Waals surface area contributed by atoms with Crippen LogP contribution in [0.5, 0.6) is 0 Å². The second kappa shape index (κ2) is 6.70. The van der Waals surface area contributed by atoms with E-state index in [1.807, 2.05) is 68.4 Å². The number of hydrogen-bond donors (Lipinski definition) is 0. The van der Waals surface area contributed by atoms with E-state index in [1.165, 1.54) is 22.5 Å². The Morgan fingerprint density at radius 1 is 0.789 bits per heavy atom. The van der Waals surface area contributed by atoms with E-state index in [9.17, 15) is 0 Å². The molecule has 0 aliphatic rings. The summed E-state index contributed by atoms with van der Waals surface area (Å²) in [6.07, 6.45) is 1.93. The van der Waals surface area contributed by atoms with Crippen LogP contribution in [0.3, 0.4) is 0 Å². The predicted octanol–water partition coefficient (Wildman–Crippen LogP) is 3.77. The van der Waals surface area contributed by atoms with Crippen LogP contribution in [0.25, 0.3) is 0 Å². The summed E-state index contributed by atoms with van der Waals surface area (Å²) in [7, 11) is 0. The van der Waals surface area contributed by atoms with Crippen molar-refractivity contribution in [2.24, 2.45) is 0 Å². The third-order valence-electron chi connectivity index (χ3n) is 1.58. The van der Waals surface area contributed by atoms with Crippen LogP contribution < -0.4 is 0 Å². The Hall–Kier alpha value is 0.0987. The molecule has 1 atom stereocenters. The monoisotopic (exact) mass is 377 g/mol. The molecule has 1 unspecified atom stereocenters. The zero-order valence-corrected chi connectivity index (χ0v) is 16.7. The van der Waals surface area contributed by atoms with E-state index in [2.05, 4.69) is 0 Å². The van der Waals surface area contributed by atoms with Gasteiger partial charge in [-0.25, -0.2) is 0 Å². The normalized spacial score (nSPS) is 14.8. The van der Waals surface area contributed by atoms with Crippen LogP contribution in [-0.4, -0.2) is 43.4 Å². The average molecular weight is 376 g/mol. The minimum atomic E-state index is -0.283. The van der Waals surface area contributed by atoms with E-state index >= 15 is 0 Å². The van der Waals surface area contributed by atoms with Gasteiger partial charge in [0.05, 0.1) is 0 Å². The third-order valence-corrected chi connectivity index (χ3v) is 2.39. The van der Waals surface area contributed by atoms with Gasteiger partial charge in [0, 0.05) is 0 Å². The summed E-state index contributed by atoms with van der Waals surface area (Å²) in [6.45, 7) is 18.2. The van der Waals surface area contributed by atoms with Crippen LogP contribution in [-0.2, 0) is 14.2 Å². The van der Waals surface area contributed by atoms with E-state index in [-0.39, 0.29) is 20.9 Å². The van der Waals surface area contributed by atoms with Crippen molar-refractivity contribution in [3.63, 3.8) is 0 Å². The summed E-state index contributed by atoms with van der Waals surface area (Å²) in [6, 6.07) is 0. The molecule has 0 heterocycles. The molecule has 0 saturated heterocycles. The van der Waals surface area contributed by atoms with Gasteiger partial charge in [-0.3, -0.25) is 0 Å². The first kappa shape index (κ1) is 19.1. The van der Waals surface area contributed by atoms with Gasteiger partial charge in [-0.05, 0) is 0 Å². The molecule has 0 aliphatic carbocycles. The molecule has 0 amide bonds. The molecule has 4 heteroatoms. The first-order valence-electron chi connectivity index (χ1n) is 6.67. The molecule has 0 rings (SSSR count). The molecule has 0 spiro atoms. The molecule has 0 fully saturated rings. The summed E-state index contributed by atoms with van der Waals surface area (Å²) in [5.74, 6) is 0.547. The van der Waals surface area contributed by atoms with Crippen molar-refractivity contribution in [2.75, 3.05) is 0 Å². The van der Waals surface area contributed by atoms with Crippen molar-refractivity contribution >= 4 is 22.5 Å². The van der Waals surface area contributed by atoms with Gasteiger partial charge in [0.15, 0.2) is 0 Å². The standard InChI is InChI=1S/C15H29O3.Sn/c1-13(2,3)16-11-10-12(17-14(4,5)6)18-15(7,8)9;/h10-11H,1-9H3;. The van der Waals surface area contributed by atoms with Gasteiger partial charge in [-0.1, -0.05) is 0 Å². The molecule has 0 aliphatic heterocycles. The Kier molecular flexibility index (Phi) is 6.74. The van der Waals surface area contributed by atoms with Crippen molar-refractivity contribution in [1.29, 1.82) is 0 Å². The zero-order valence-electron chi connectivity index (χ0n) is 13.9. The Bertz CT molecular complexity index is 285. The van der Waals surface area contributed by atoms with E-state index in [1.54, 1.807) is 0 Å². The molecule has 0 aromatic carbocycles. The van der Waals surface area contributed by atoms with Crippen molar-refractivity contribution in [3.05, 3.63) is 12.0 Å². The third kappa shape index (κ3) is 12.9. The fourth-order valence-electron chi connectivity index (χ4n) is 1.23. The van der Waals surface area contributed by atoms with Crippen LogP contribution in [0.1, 0.15) is 62.3 Å². The summed E-state index contributed by atoms with van der Waals surface area (Å²) in [5.41, 5.74) is -0.734. The van der Waals surface area contributed by atoms with Gasteiger partial charge in [0.1, 0.15) is 0 Å². The molecule has 3 nitrogen and oxygen atoms in total. The Morgan fingerprint density at radius 2 is 1.16 bits per heavy atom. The van der Waals surface area contributed by atoms with E-state index < -0.39 is 0 Å². The summed E-state index contributed by atoms with van der Waals surface area (Å²) < 4.78 is 17.7. The summed E-state index contributed by atoms with van der Waals surface area (Å²) in [4.78, 5) is 0. The van der Waals surface area contributed by atoms with Gasteiger partial charge < -0.3 is 0 Å². The van der Waals surface area contributed by atoms with Gasteiger partial charge in [-0.2, -0.15) is 0 Å². The molecule has 0 aromatic heterocycles. The Morgan fingerprint density at radius 3 is 1.42 bits per heavy atom. The first-order chi connectivity index (χ1) is 8.18. The predicted molar refractivity (Wildman–Crippen MR) is 80.1 cm³/mol. The fraction of sp³-hybridized carbons (Fsp3) is 0.867. The summed E-state index contributed by atoms with van der Waals surface area (Å²) >= 11 is 1.28. The molecular weight excluding hydrogens is 347 g/mol. The van der Waals surface area contributed by atoms with Gasteiger partial charge in [0.25, 0.3) is 0 Å². The van der Waals surface area contributed by atoms with E-state index in [0.717, 1.165) is 0 Å². The van der Waals surface area contributed by atoms with Crippen molar-refractivity contribution in [3.8, 4) is 0 Å². The van der Waals surface area contributed by atoms with E-state index in [4.69, 9.17) is 14.2 Å². The number of hydrogen-bond acceptors (Lipinski definition) is 3. The molecule has 111 valence electrons. The topological polar surface area (TPSA) is 27.7 Å². The van der Waals surface area contributed by atoms with Crippen molar-refractivity contribution in [2.45, 2.75) is 83.2 Å². The van der Waals surface area contributed by atoms with Crippen LogP contribution in [0.15, 0.2) is 12.0 Å². The first-order valence-corrected chi connectivity index (χ1v) is 8.31. The van der Waals surface area contributed by atoms with Crippen LogP contribution in [0, 0.1) is 0 Å². The maximum atomic E-state index is 5.90. The second-order valence-corrected chi connectivity index (χ2v) is 9.19. The SMILES string of the molecule is CC(C)(C)OC(=C[CH]([Sn])OC(C)(C)C)OC(C)(C)C. The second-order valence-electron chi connectivity index (χ2n) is 7.57. The molecular formula is C15H29O3Sn. The van der Waals surface area contributed by atoms with Gasteiger partial charge >= 0.3 is 132 Å². The fourth-order valence-corrected chi connectivity index (χ4v) is 2.63. The van der Waals surface area contributed by atoms with Gasteiger partial charge in [0.2, 0.25) is 0 Å². The molecule has 0 aromatic rings. The van der Waals surface area contributed by atoms with Gasteiger partial charge in [-0.15, -0.1) is 0 Å². The summed E-state index contributed by atoms with van der Waals surface area (Å²) in [5, 5.41) is 0. The number of ether oxygens (including phenoxy) is 3. The average Bonchev–Trinajstić information content (AvgIpc) is 1.90. The maximum absolute atomic E-state index is 5.90. The zero-order chi connectivity index (χ0) is 15.5. The molecule has 0 bridgehead atoms. The van der Waals surface area contributed by atoms with Crippen LogP contribution in [0.2, 0.25) is 0 Å². The molecule has 0 saturated carbocycles. The Labute approximate surface area is 132 Å². The van der Waals surface area contributed by atoms with Crippen LogP contribution in [0.4, 0.5) is 0 Å².